The van der Waals surface area contributed by atoms with Crippen LogP contribution < -0.4 is 16.2 Å². The molecule has 0 radical (unpaired) electrons. The molecule has 0 spiro atoms. The molecular weight excluding hydrogens is 468 g/mol. The highest BCUT2D eigenvalue weighted by Gasteiger charge is 2.32. The first-order valence-electron chi connectivity index (χ1n) is 11.7. The van der Waals surface area contributed by atoms with Crippen molar-refractivity contribution >= 4 is 28.6 Å². The molecule has 3 aromatic carbocycles. The summed E-state index contributed by atoms with van der Waals surface area (Å²) in [7, 11) is 0. The summed E-state index contributed by atoms with van der Waals surface area (Å²) in [5, 5.41) is 15.6. The third-order valence-electron chi connectivity index (χ3n) is 6.29. The molecule has 37 heavy (non-hydrogen) atoms. The van der Waals surface area contributed by atoms with Crippen molar-refractivity contribution in [1.29, 1.82) is 0 Å². The van der Waals surface area contributed by atoms with Gasteiger partial charge in [-0.3, -0.25) is 9.59 Å². The monoisotopic (exact) mass is 492 g/mol. The molecule has 0 aliphatic rings. The predicted octanol–water partition coefficient (Wildman–Crippen LogP) is 4.93. The molecule has 2 amide bonds. The Hall–Kier alpha value is -5.11. The van der Waals surface area contributed by atoms with Gasteiger partial charge in [0.05, 0.1) is 0 Å². The second-order valence-corrected chi connectivity index (χ2v) is 8.59. The molecule has 0 saturated heterocycles. The number of nitrogens with one attached hydrogen (secondary N) is 4. The Morgan fingerprint density at radius 1 is 0.784 bits per heavy atom. The van der Waals surface area contributed by atoms with E-state index in [2.05, 4.69) is 20.6 Å². The molecule has 0 fully saturated rings. The fourth-order valence-electron chi connectivity index (χ4n) is 4.59. The van der Waals surface area contributed by atoms with Crippen LogP contribution in [-0.4, -0.2) is 33.1 Å². The number of pyridine rings is 1. The van der Waals surface area contributed by atoms with Gasteiger partial charge in [-0.2, -0.15) is 0 Å². The lowest BCUT2D eigenvalue weighted by atomic mass is 9.84. The Labute approximate surface area is 212 Å². The number of hydrogen-bond acceptors (Lipinski definition) is 3. The number of amides is 2. The van der Waals surface area contributed by atoms with Gasteiger partial charge >= 0.3 is 6.09 Å². The summed E-state index contributed by atoms with van der Waals surface area (Å²) >= 11 is 0. The summed E-state index contributed by atoms with van der Waals surface area (Å²) in [6.07, 6.45) is 2.08. The van der Waals surface area contributed by atoms with E-state index in [4.69, 9.17) is 0 Å². The predicted molar refractivity (Wildman–Crippen MR) is 143 cm³/mol. The maximum absolute atomic E-state index is 13.5. The van der Waals surface area contributed by atoms with Crippen molar-refractivity contribution < 1.29 is 14.7 Å². The van der Waals surface area contributed by atoms with Crippen LogP contribution in [0.25, 0.3) is 22.0 Å². The first-order chi connectivity index (χ1) is 18.0. The Bertz CT molecular complexity index is 1550. The lowest BCUT2D eigenvalue weighted by Crippen LogP contribution is -2.47. The molecule has 5 aromatic rings. The normalized spacial score (nSPS) is 11.8. The SMILES string of the molecule is O=C(O)N[C@H](C(=O)Nc1ccc(-c2c[nH]c(=O)c3[nH]ccc23)cc1)C(c1ccccc1)c1ccccc1. The standard InChI is InChI=1S/C29H24N4O4/c34-27-25-22(15-16-30-25)23(17-31-27)18-11-13-21(14-12-18)32-28(35)26(33-29(36)37)24(19-7-3-1-4-8-19)20-9-5-2-6-10-20/h1-17,24,26,30,33H,(H,31,34)(H,32,35)(H,36,37)/t26-/m0/s1. The highest BCUT2D eigenvalue weighted by Crippen LogP contribution is 2.30. The number of carbonyl (C=O) groups excluding carboxylic acids is 1. The van der Waals surface area contributed by atoms with Crippen LogP contribution in [0.3, 0.4) is 0 Å². The Morgan fingerprint density at radius 2 is 1.41 bits per heavy atom. The van der Waals surface area contributed by atoms with Crippen molar-refractivity contribution in [2.45, 2.75) is 12.0 Å². The van der Waals surface area contributed by atoms with E-state index in [9.17, 15) is 19.5 Å². The summed E-state index contributed by atoms with van der Waals surface area (Å²) in [6, 6.07) is 26.6. The molecule has 2 aromatic heterocycles. The minimum Gasteiger partial charge on any atom is -0.465 e. The minimum absolute atomic E-state index is 0.198. The summed E-state index contributed by atoms with van der Waals surface area (Å²) in [6.45, 7) is 0. The quantitative estimate of drug-likeness (QED) is 0.221. The van der Waals surface area contributed by atoms with Crippen LogP contribution >= 0.6 is 0 Å². The van der Waals surface area contributed by atoms with E-state index in [-0.39, 0.29) is 5.56 Å². The molecule has 5 N–H and O–H groups in total. The van der Waals surface area contributed by atoms with Crippen LogP contribution in [0.15, 0.2) is 108 Å². The van der Waals surface area contributed by atoms with Gasteiger partial charge in [0.2, 0.25) is 5.91 Å². The van der Waals surface area contributed by atoms with Crippen LogP contribution in [0.1, 0.15) is 17.0 Å². The lowest BCUT2D eigenvalue weighted by Gasteiger charge is -2.27. The molecule has 2 heterocycles. The van der Waals surface area contributed by atoms with E-state index in [1.165, 1.54) is 0 Å². The number of carboxylic acid groups (broad SMARTS) is 1. The van der Waals surface area contributed by atoms with Gasteiger partial charge in [-0.1, -0.05) is 72.8 Å². The van der Waals surface area contributed by atoms with Crippen molar-refractivity contribution in [3.05, 3.63) is 125 Å². The van der Waals surface area contributed by atoms with Crippen molar-refractivity contribution in [3.63, 3.8) is 0 Å². The fraction of sp³-hybridized carbons (Fsp3) is 0.0690. The van der Waals surface area contributed by atoms with Gasteiger partial charge in [-0.05, 0) is 34.9 Å². The number of carbonyl (C=O) groups is 2. The van der Waals surface area contributed by atoms with Crippen molar-refractivity contribution in [3.8, 4) is 11.1 Å². The molecule has 8 heteroatoms. The molecule has 0 saturated carbocycles. The molecule has 0 aliphatic heterocycles. The molecule has 8 nitrogen and oxygen atoms in total. The second kappa shape index (κ2) is 10.2. The van der Waals surface area contributed by atoms with Gasteiger partial charge in [0.15, 0.2) is 0 Å². The van der Waals surface area contributed by atoms with Crippen LogP contribution in [-0.2, 0) is 4.79 Å². The van der Waals surface area contributed by atoms with Crippen LogP contribution in [0.4, 0.5) is 10.5 Å². The number of H-pyrrole nitrogens is 2. The van der Waals surface area contributed by atoms with Crippen LogP contribution in [0, 0.1) is 0 Å². The van der Waals surface area contributed by atoms with Crippen molar-refractivity contribution in [2.24, 2.45) is 0 Å². The van der Waals surface area contributed by atoms with Crippen LogP contribution in [0.2, 0.25) is 0 Å². The number of rotatable bonds is 7. The largest absolute Gasteiger partial charge is 0.465 e. The molecule has 0 bridgehead atoms. The number of benzene rings is 3. The maximum atomic E-state index is 13.5. The Morgan fingerprint density at radius 3 is 2.00 bits per heavy atom. The minimum atomic E-state index is -1.29. The van der Waals surface area contributed by atoms with E-state index in [1.807, 2.05) is 78.9 Å². The summed E-state index contributed by atoms with van der Waals surface area (Å²) < 4.78 is 0. The second-order valence-electron chi connectivity index (χ2n) is 8.59. The molecule has 1 atom stereocenters. The number of fused-ring (bicyclic) bond motifs is 1. The zero-order valence-corrected chi connectivity index (χ0v) is 19.6. The average Bonchev–Trinajstić information content (AvgIpc) is 3.41. The topological polar surface area (TPSA) is 127 Å². The van der Waals surface area contributed by atoms with E-state index in [0.717, 1.165) is 27.6 Å². The lowest BCUT2D eigenvalue weighted by molar-refractivity contribution is -0.118. The molecule has 5 rings (SSSR count). The fourth-order valence-corrected chi connectivity index (χ4v) is 4.59. The van der Waals surface area contributed by atoms with Gasteiger partial charge in [-0.25, -0.2) is 4.79 Å². The number of aromatic amines is 2. The van der Waals surface area contributed by atoms with E-state index in [1.54, 1.807) is 24.5 Å². The first kappa shape index (κ1) is 23.6. The third kappa shape index (κ3) is 4.99. The number of aromatic nitrogens is 2. The third-order valence-corrected chi connectivity index (χ3v) is 6.29. The van der Waals surface area contributed by atoms with Crippen molar-refractivity contribution in [1.82, 2.24) is 15.3 Å². The van der Waals surface area contributed by atoms with E-state index in [0.29, 0.717) is 11.2 Å². The summed E-state index contributed by atoms with van der Waals surface area (Å²) in [5.41, 5.74) is 4.12. The smallest absolute Gasteiger partial charge is 0.405 e. The number of anilines is 1. The van der Waals surface area contributed by atoms with Crippen LogP contribution in [0.5, 0.6) is 0 Å². The summed E-state index contributed by atoms with van der Waals surface area (Å²) in [4.78, 5) is 42.9. The molecule has 0 unspecified atom stereocenters. The molecule has 184 valence electrons. The molecular formula is C29H24N4O4. The number of hydrogen-bond donors (Lipinski definition) is 5. The molecule has 0 aliphatic carbocycles. The Balaban J connectivity index is 1.45. The van der Waals surface area contributed by atoms with Gasteiger partial charge in [0, 0.05) is 34.9 Å². The zero-order chi connectivity index (χ0) is 25.8. The maximum Gasteiger partial charge on any atom is 0.405 e. The van der Waals surface area contributed by atoms with E-state index < -0.39 is 24.0 Å². The Kier molecular flexibility index (Phi) is 6.54. The highest BCUT2D eigenvalue weighted by atomic mass is 16.4. The van der Waals surface area contributed by atoms with E-state index >= 15 is 0 Å². The van der Waals surface area contributed by atoms with Gasteiger partial charge in [0.25, 0.3) is 5.56 Å². The average molecular weight is 493 g/mol. The summed E-state index contributed by atoms with van der Waals surface area (Å²) in [5.74, 6) is -1.02. The van der Waals surface area contributed by atoms with Gasteiger partial charge in [0.1, 0.15) is 11.6 Å². The first-order valence-corrected chi connectivity index (χ1v) is 11.7. The van der Waals surface area contributed by atoms with Crippen molar-refractivity contribution in [2.75, 3.05) is 5.32 Å². The zero-order valence-electron chi connectivity index (χ0n) is 19.6. The van der Waals surface area contributed by atoms with Gasteiger partial charge in [-0.15, -0.1) is 0 Å². The highest BCUT2D eigenvalue weighted by molar-refractivity contribution is 5.98. The van der Waals surface area contributed by atoms with Gasteiger partial charge < -0.3 is 25.7 Å².